The van der Waals surface area contributed by atoms with Gasteiger partial charge < -0.3 is 14.7 Å². The minimum atomic E-state index is -1.15. The van der Waals surface area contributed by atoms with Crippen LogP contribution in [0.25, 0.3) is 0 Å². The van der Waals surface area contributed by atoms with Gasteiger partial charge in [0.2, 0.25) is 0 Å². The fourth-order valence-electron chi connectivity index (χ4n) is 2.16. The molecule has 2 aromatic rings. The van der Waals surface area contributed by atoms with Gasteiger partial charge in [-0.1, -0.05) is 18.2 Å². The molecule has 110 valence electrons. The number of carboxylic acid groups (broad SMARTS) is 1. The Morgan fingerprint density at radius 1 is 1.24 bits per heavy atom. The van der Waals surface area contributed by atoms with E-state index in [0.29, 0.717) is 6.54 Å². The molecule has 0 aliphatic carbocycles. The highest BCUT2D eigenvalue weighted by Crippen LogP contribution is 2.25. The number of nitrogens with zero attached hydrogens (tertiary/aromatic N) is 1. The summed E-state index contributed by atoms with van der Waals surface area (Å²) in [6.07, 6.45) is 0. The van der Waals surface area contributed by atoms with Crippen LogP contribution in [0.2, 0.25) is 0 Å². The van der Waals surface area contributed by atoms with Crippen molar-refractivity contribution in [3.63, 3.8) is 0 Å². The van der Waals surface area contributed by atoms with E-state index in [2.05, 4.69) is 0 Å². The van der Waals surface area contributed by atoms with Crippen LogP contribution in [0.4, 0.5) is 10.1 Å². The Hall–Kier alpha value is -2.56. The average molecular weight is 289 g/mol. The molecule has 4 nitrogen and oxygen atoms in total. The van der Waals surface area contributed by atoms with E-state index in [-0.39, 0.29) is 11.3 Å². The van der Waals surface area contributed by atoms with Crippen molar-refractivity contribution in [1.29, 1.82) is 0 Å². The normalized spacial score (nSPS) is 10.2. The summed E-state index contributed by atoms with van der Waals surface area (Å²) in [7, 11) is 3.24. The van der Waals surface area contributed by atoms with Crippen molar-refractivity contribution in [1.82, 2.24) is 0 Å². The standard InChI is InChI=1S/C16H16FNO3/c1-18(10-11-6-8-12(21-2)9-7-11)15-13(16(19)20)4-3-5-14(15)17/h3-9H,10H2,1-2H3,(H,19,20). The number of rotatable bonds is 5. The molecule has 0 aromatic heterocycles. The van der Waals surface area contributed by atoms with Gasteiger partial charge in [0.05, 0.1) is 18.4 Å². The van der Waals surface area contributed by atoms with Crippen LogP contribution in [0.3, 0.4) is 0 Å². The van der Waals surface area contributed by atoms with Crippen molar-refractivity contribution in [2.45, 2.75) is 6.54 Å². The van der Waals surface area contributed by atoms with Crippen LogP contribution in [0.5, 0.6) is 5.75 Å². The monoisotopic (exact) mass is 289 g/mol. The van der Waals surface area contributed by atoms with Crippen LogP contribution in [-0.4, -0.2) is 25.2 Å². The van der Waals surface area contributed by atoms with Crippen molar-refractivity contribution in [3.05, 3.63) is 59.4 Å². The first-order valence-corrected chi connectivity index (χ1v) is 6.39. The molecule has 0 heterocycles. The Balaban J connectivity index is 2.27. The van der Waals surface area contributed by atoms with Gasteiger partial charge in [0.25, 0.3) is 0 Å². The largest absolute Gasteiger partial charge is 0.497 e. The Kier molecular flexibility index (Phi) is 4.42. The number of carbonyl (C=O) groups is 1. The minimum Gasteiger partial charge on any atom is -0.497 e. The zero-order valence-electron chi connectivity index (χ0n) is 11.8. The molecule has 0 amide bonds. The molecule has 1 N–H and O–H groups in total. The summed E-state index contributed by atoms with van der Waals surface area (Å²) >= 11 is 0. The lowest BCUT2D eigenvalue weighted by atomic mass is 10.1. The second-order valence-electron chi connectivity index (χ2n) is 4.65. The first-order valence-electron chi connectivity index (χ1n) is 6.39. The molecule has 0 saturated heterocycles. The number of carboxylic acids is 1. The predicted molar refractivity (Wildman–Crippen MR) is 78.5 cm³/mol. The Bertz CT molecular complexity index is 640. The average Bonchev–Trinajstić information content (AvgIpc) is 2.47. The molecular formula is C16H16FNO3. The smallest absolute Gasteiger partial charge is 0.337 e. The molecule has 0 bridgehead atoms. The van der Waals surface area contributed by atoms with E-state index in [0.717, 1.165) is 11.3 Å². The van der Waals surface area contributed by atoms with Gasteiger partial charge in [-0.05, 0) is 29.8 Å². The van der Waals surface area contributed by atoms with Crippen molar-refractivity contribution in [2.24, 2.45) is 0 Å². The molecular weight excluding hydrogens is 273 g/mol. The Labute approximate surface area is 122 Å². The van der Waals surface area contributed by atoms with E-state index in [4.69, 9.17) is 9.84 Å². The predicted octanol–water partition coefficient (Wildman–Crippen LogP) is 3.17. The molecule has 21 heavy (non-hydrogen) atoms. The number of hydrogen-bond acceptors (Lipinski definition) is 3. The quantitative estimate of drug-likeness (QED) is 0.918. The zero-order chi connectivity index (χ0) is 15.4. The van der Waals surface area contributed by atoms with Crippen molar-refractivity contribution < 1.29 is 19.0 Å². The lowest BCUT2D eigenvalue weighted by Crippen LogP contribution is -2.20. The van der Waals surface area contributed by atoms with Crippen molar-refractivity contribution in [2.75, 3.05) is 19.1 Å². The highest BCUT2D eigenvalue weighted by Gasteiger charge is 2.17. The molecule has 2 aromatic carbocycles. The van der Waals surface area contributed by atoms with E-state index in [1.54, 1.807) is 19.1 Å². The molecule has 5 heteroatoms. The second kappa shape index (κ2) is 6.26. The van der Waals surface area contributed by atoms with Crippen LogP contribution in [-0.2, 0) is 6.54 Å². The summed E-state index contributed by atoms with van der Waals surface area (Å²) in [5.41, 5.74) is 0.963. The van der Waals surface area contributed by atoms with E-state index in [9.17, 15) is 9.18 Å². The highest BCUT2D eigenvalue weighted by atomic mass is 19.1. The van der Waals surface area contributed by atoms with E-state index in [1.165, 1.54) is 18.2 Å². The van der Waals surface area contributed by atoms with Gasteiger partial charge in [-0.2, -0.15) is 0 Å². The second-order valence-corrected chi connectivity index (χ2v) is 4.65. The maximum Gasteiger partial charge on any atom is 0.337 e. The zero-order valence-corrected chi connectivity index (χ0v) is 11.8. The van der Waals surface area contributed by atoms with Crippen molar-refractivity contribution in [3.8, 4) is 5.75 Å². The van der Waals surface area contributed by atoms with Crippen LogP contribution >= 0.6 is 0 Å². The van der Waals surface area contributed by atoms with Crippen LogP contribution in [0, 0.1) is 5.82 Å². The summed E-state index contributed by atoms with van der Waals surface area (Å²) in [5.74, 6) is -0.962. The molecule has 2 rings (SSSR count). The molecule has 0 radical (unpaired) electrons. The van der Waals surface area contributed by atoms with Gasteiger partial charge in [-0.3, -0.25) is 0 Å². The number of anilines is 1. The lowest BCUT2D eigenvalue weighted by molar-refractivity contribution is 0.0697. The third-order valence-corrected chi connectivity index (χ3v) is 3.18. The summed E-state index contributed by atoms with van der Waals surface area (Å²) in [5, 5.41) is 9.16. The molecule has 0 spiro atoms. The highest BCUT2D eigenvalue weighted by molar-refractivity contribution is 5.94. The number of hydrogen-bond donors (Lipinski definition) is 1. The fourth-order valence-corrected chi connectivity index (χ4v) is 2.16. The molecule has 0 unspecified atom stereocenters. The topological polar surface area (TPSA) is 49.8 Å². The Morgan fingerprint density at radius 2 is 1.90 bits per heavy atom. The fraction of sp³-hybridized carbons (Fsp3) is 0.188. The number of halogens is 1. The van der Waals surface area contributed by atoms with E-state index >= 15 is 0 Å². The third-order valence-electron chi connectivity index (χ3n) is 3.18. The van der Waals surface area contributed by atoms with E-state index in [1.807, 2.05) is 24.3 Å². The minimum absolute atomic E-state index is 0.0500. The Morgan fingerprint density at radius 3 is 2.48 bits per heavy atom. The molecule has 0 saturated carbocycles. The van der Waals surface area contributed by atoms with Gasteiger partial charge in [-0.15, -0.1) is 0 Å². The lowest BCUT2D eigenvalue weighted by Gasteiger charge is -2.22. The molecule has 0 fully saturated rings. The maximum absolute atomic E-state index is 14.0. The summed E-state index contributed by atoms with van der Waals surface area (Å²) in [6.45, 7) is 0.394. The van der Waals surface area contributed by atoms with Crippen molar-refractivity contribution >= 4 is 11.7 Å². The van der Waals surface area contributed by atoms with Gasteiger partial charge in [0.15, 0.2) is 0 Å². The third kappa shape index (κ3) is 3.31. The van der Waals surface area contributed by atoms with E-state index < -0.39 is 11.8 Å². The maximum atomic E-state index is 14.0. The first-order chi connectivity index (χ1) is 10.0. The number of aromatic carboxylic acids is 1. The summed E-state index contributed by atoms with van der Waals surface area (Å²) in [6, 6.07) is 11.4. The number of ether oxygens (including phenoxy) is 1. The summed E-state index contributed by atoms with van der Waals surface area (Å²) in [4.78, 5) is 12.8. The molecule has 0 aliphatic rings. The van der Waals surface area contributed by atoms with Crippen LogP contribution in [0.1, 0.15) is 15.9 Å². The number of benzene rings is 2. The van der Waals surface area contributed by atoms with Crippen LogP contribution in [0.15, 0.2) is 42.5 Å². The van der Waals surface area contributed by atoms with Gasteiger partial charge in [-0.25, -0.2) is 9.18 Å². The SMILES string of the molecule is COc1ccc(CN(C)c2c(F)cccc2C(=O)O)cc1. The molecule has 0 atom stereocenters. The van der Waals surface area contributed by atoms with Crippen LogP contribution < -0.4 is 9.64 Å². The van der Waals surface area contributed by atoms with Gasteiger partial charge in [0, 0.05) is 13.6 Å². The molecule has 0 aliphatic heterocycles. The van der Waals surface area contributed by atoms with Gasteiger partial charge >= 0.3 is 5.97 Å². The summed E-state index contributed by atoms with van der Waals surface area (Å²) < 4.78 is 19.0. The number of para-hydroxylation sites is 1. The number of methoxy groups -OCH3 is 1. The van der Waals surface area contributed by atoms with Gasteiger partial charge in [0.1, 0.15) is 11.6 Å². The first kappa shape index (κ1) is 14.8.